The van der Waals surface area contributed by atoms with Crippen molar-refractivity contribution in [2.45, 2.75) is 39.0 Å². The van der Waals surface area contributed by atoms with Crippen LogP contribution in [-0.2, 0) is 0 Å². The zero-order chi connectivity index (χ0) is 20.1. The number of aromatic hydroxyl groups is 1. The standard InChI is InChI=1S/C27H28O2/c1-2-3-4-5-10-19-29-25-18-16-21-12-7-9-14-23(21)27(25)26-22-13-8-6-11-20(22)15-17-24(26)28/h6-9,11-18,28H,2-5,10,19H2,1H3. The second kappa shape index (κ2) is 9.00. The second-order valence-corrected chi connectivity index (χ2v) is 7.60. The maximum Gasteiger partial charge on any atom is 0.127 e. The average Bonchev–Trinajstić information content (AvgIpc) is 2.76. The fraction of sp³-hybridized carbons (Fsp3) is 0.259. The first-order valence-electron chi connectivity index (χ1n) is 10.6. The number of hydrogen-bond acceptors (Lipinski definition) is 2. The van der Waals surface area contributed by atoms with Crippen LogP contribution in [0.15, 0.2) is 72.8 Å². The van der Waals surface area contributed by atoms with Crippen molar-refractivity contribution in [1.82, 2.24) is 0 Å². The maximum absolute atomic E-state index is 10.9. The molecule has 0 bridgehead atoms. The van der Waals surface area contributed by atoms with Gasteiger partial charge in [0, 0.05) is 11.1 Å². The number of ether oxygens (including phenoxy) is 1. The van der Waals surface area contributed by atoms with Crippen LogP contribution in [0.1, 0.15) is 39.0 Å². The van der Waals surface area contributed by atoms with Gasteiger partial charge in [0.1, 0.15) is 11.5 Å². The van der Waals surface area contributed by atoms with Gasteiger partial charge in [0.25, 0.3) is 0 Å². The molecule has 0 unspecified atom stereocenters. The van der Waals surface area contributed by atoms with E-state index in [1.165, 1.54) is 25.7 Å². The number of unbranched alkanes of at least 4 members (excludes halogenated alkanes) is 4. The highest BCUT2D eigenvalue weighted by Crippen LogP contribution is 2.44. The molecule has 4 aromatic carbocycles. The van der Waals surface area contributed by atoms with Crippen molar-refractivity contribution in [2.24, 2.45) is 0 Å². The molecule has 2 heteroatoms. The Morgan fingerprint density at radius 2 is 1.28 bits per heavy atom. The molecular weight excluding hydrogens is 356 g/mol. The third-order valence-corrected chi connectivity index (χ3v) is 5.55. The van der Waals surface area contributed by atoms with Crippen molar-refractivity contribution < 1.29 is 9.84 Å². The number of fused-ring (bicyclic) bond motifs is 2. The Balaban J connectivity index is 1.79. The lowest BCUT2D eigenvalue weighted by atomic mass is 9.92. The van der Waals surface area contributed by atoms with E-state index in [1.807, 2.05) is 36.4 Å². The first-order chi connectivity index (χ1) is 14.3. The van der Waals surface area contributed by atoms with Crippen LogP contribution >= 0.6 is 0 Å². The zero-order valence-corrected chi connectivity index (χ0v) is 17.0. The molecule has 148 valence electrons. The lowest BCUT2D eigenvalue weighted by Gasteiger charge is -2.17. The Labute approximate surface area is 172 Å². The highest BCUT2D eigenvalue weighted by atomic mass is 16.5. The van der Waals surface area contributed by atoms with Gasteiger partial charge < -0.3 is 9.84 Å². The fourth-order valence-corrected chi connectivity index (χ4v) is 4.04. The molecular formula is C27H28O2. The van der Waals surface area contributed by atoms with Gasteiger partial charge in [-0.3, -0.25) is 0 Å². The first kappa shape index (κ1) is 19.3. The number of rotatable bonds is 8. The molecule has 0 spiro atoms. The van der Waals surface area contributed by atoms with Crippen LogP contribution in [0.2, 0.25) is 0 Å². The monoisotopic (exact) mass is 384 g/mol. The Morgan fingerprint density at radius 1 is 0.655 bits per heavy atom. The molecule has 0 saturated heterocycles. The first-order valence-corrected chi connectivity index (χ1v) is 10.6. The normalized spacial score (nSPS) is 11.2. The predicted octanol–water partition coefficient (Wildman–Crippen LogP) is 7.71. The summed E-state index contributed by atoms with van der Waals surface area (Å²) in [5.41, 5.74) is 1.83. The van der Waals surface area contributed by atoms with Gasteiger partial charge in [-0.15, -0.1) is 0 Å². The smallest absolute Gasteiger partial charge is 0.127 e. The van der Waals surface area contributed by atoms with E-state index in [9.17, 15) is 5.11 Å². The molecule has 29 heavy (non-hydrogen) atoms. The summed E-state index contributed by atoms with van der Waals surface area (Å²) in [6.45, 7) is 2.93. The van der Waals surface area contributed by atoms with E-state index in [1.54, 1.807) is 6.07 Å². The Morgan fingerprint density at radius 3 is 2.00 bits per heavy atom. The number of hydrogen-bond donors (Lipinski definition) is 1. The van der Waals surface area contributed by atoms with Crippen LogP contribution in [-0.4, -0.2) is 11.7 Å². The van der Waals surface area contributed by atoms with Gasteiger partial charge in [-0.05, 0) is 40.1 Å². The van der Waals surface area contributed by atoms with E-state index < -0.39 is 0 Å². The fourth-order valence-electron chi connectivity index (χ4n) is 4.04. The molecule has 0 aliphatic carbocycles. The summed E-state index contributed by atoms with van der Waals surface area (Å²) in [5.74, 6) is 1.12. The molecule has 0 heterocycles. The Hall–Kier alpha value is -3.00. The SMILES string of the molecule is CCCCCCCOc1ccc2ccccc2c1-c1c(O)ccc2ccccc12. The van der Waals surface area contributed by atoms with E-state index in [4.69, 9.17) is 4.74 Å². The summed E-state index contributed by atoms with van der Waals surface area (Å²) in [4.78, 5) is 0. The van der Waals surface area contributed by atoms with Crippen molar-refractivity contribution in [3.63, 3.8) is 0 Å². The second-order valence-electron chi connectivity index (χ2n) is 7.60. The molecule has 0 radical (unpaired) electrons. The summed E-state index contributed by atoms with van der Waals surface area (Å²) >= 11 is 0. The van der Waals surface area contributed by atoms with Crippen LogP contribution in [0.4, 0.5) is 0 Å². The minimum Gasteiger partial charge on any atom is -0.507 e. The number of phenols is 1. The molecule has 0 saturated carbocycles. The van der Waals surface area contributed by atoms with Crippen molar-refractivity contribution in [1.29, 1.82) is 0 Å². The van der Waals surface area contributed by atoms with Gasteiger partial charge >= 0.3 is 0 Å². The summed E-state index contributed by atoms with van der Waals surface area (Å²) in [7, 11) is 0. The van der Waals surface area contributed by atoms with E-state index in [-0.39, 0.29) is 5.75 Å². The topological polar surface area (TPSA) is 29.5 Å². The van der Waals surface area contributed by atoms with Crippen molar-refractivity contribution >= 4 is 21.5 Å². The highest BCUT2D eigenvalue weighted by molar-refractivity contribution is 6.09. The van der Waals surface area contributed by atoms with Gasteiger partial charge in [-0.1, -0.05) is 93.3 Å². The van der Waals surface area contributed by atoms with Crippen molar-refractivity contribution in [2.75, 3.05) is 6.61 Å². The molecule has 1 N–H and O–H groups in total. The average molecular weight is 385 g/mol. The minimum absolute atomic E-state index is 0.285. The van der Waals surface area contributed by atoms with Crippen molar-refractivity contribution in [3.8, 4) is 22.6 Å². The third kappa shape index (κ3) is 4.07. The van der Waals surface area contributed by atoms with E-state index >= 15 is 0 Å². The largest absolute Gasteiger partial charge is 0.507 e. The quantitative estimate of drug-likeness (QED) is 0.315. The summed E-state index contributed by atoms with van der Waals surface area (Å²) < 4.78 is 6.27. The molecule has 0 amide bonds. The molecule has 4 aromatic rings. The third-order valence-electron chi connectivity index (χ3n) is 5.55. The molecule has 0 fully saturated rings. The summed E-state index contributed by atoms with van der Waals surface area (Å²) in [6, 6.07) is 24.4. The molecule has 0 aromatic heterocycles. The molecule has 0 aliphatic heterocycles. The van der Waals surface area contributed by atoms with Crippen molar-refractivity contribution in [3.05, 3.63) is 72.8 Å². The van der Waals surface area contributed by atoms with Gasteiger partial charge in [0.2, 0.25) is 0 Å². The van der Waals surface area contributed by atoms with Crippen LogP contribution in [0.5, 0.6) is 11.5 Å². The van der Waals surface area contributed by atoms with E-state index in [2.05, 4.69) is 37.3 Å². The predicted molar refractivity (Wildman–Crippen MR) is 123 cm³/mol. The van der Waals surface area contributed by atoms with E-state index in [0.717, 1.165) is 44.8 Å². The summed E-state index contributed by atoms with van der Waals surface area (Å²) in [5, 5.41) is 15.3. The lowest BCUT2D eigenvalue weighted by molar-refractivity contribution is 0.306. The number of phenolic OH excluding ortho intramolecular Hbond substituents is 1. The minimum atomic E-state index is 0.285. The highest BCUT2D eigenvalue weighted by Gasteiger charge is 2.17. The van der Waals surface area contributed by atoms with Gasteiger partial charge in [0.15, 0.2) is 0 Å². The van der Waals surface area contributed by atoms with E-state index in [0.29, 0.717) is 6.61 Å². The molecule has 0 atom stereocenters. The summed E-state index contributed by atoms with van der Waals surface area (Å²) in [6.07, 6.45) is 6.03. The van der Waals surface area contributed by atoms with Crippen LogP contribution in [0, 0.1) is 0 Å². The molecule has 0 aliphatic rings. The van der Waals surface area contributed by atoms with Crippen LogP contribution in [0.3, 0.4) is 0 Å². The van der Waals surface area contributed by atoms with Gasteiger partial charge in [0.05, 0.1) is 6.61 Å². The van der Waals surface area contributed by atoms with Gasteiger partial charge in [-0.2, -0.15) is 0 Å². The van der Waals surface area contributed by atoms with Crippen LogP contribution < -0.4 is 4.74 Å². The molecule has 2 nitrogen and oxygen atoms in total. The van der Waals surface area contributed by atoms with Gasteiger partial charge in [-0.25, -0.2) is 0 Å². The molecule has 4 rings (SSSR count). The lowest BCUT2D eigenvalue weighted by Crippen LogP contribution is -2.00. The maximum atomic E-state index is 10.9. The Bertz CT molecular complexity index is 1110. The number of benzene rings is 4. The van der Waals surface area contributed by atoms with Crippen LogP contribution in [0.25, 0.3) is 32.7 Å². The zero-order valence-electron chi connectivity index (χ0n) is 17.0. The Kier molecular flexibility index (Phi) is 6.00.